The van der Waals surface area contributed by atoms with Gasteiger partial charge >= 0.3 is 0 Å². The second-order valence-electron chi connectivity index (χ2n) is 7.34. The Balaban J connectivity index is 1.74. The molecule has 1 atom stereocenters. The van der Waals surface area contributed by atoms with Crippen LogP contribution in [0.2, 0.25) is 5.02 Å². The number of para-hydroxylation sites is 2. The van der Waals surface area contributed by atoms with Crippen LogP contribution in [0.5, 0.6) is 0 Å². The smallest absolute Gasteiger partial charge is 0.227 e. The highest BCUT2D eigenvalue weighted by Gasteiger charge is 2.35. The van der Waals surface area contributed by atoms with Crippen molar-refractivity contribution >= 4 is 34.2 Å². The summed E-state index contributed by atoms with van der Waals surface area (Å²) in [4.78, 5) is 19.5. The van der Waals surface area contributed by atoms with Gasteiger partial charge in [0.05, 0.1) is 11.0 Å². The number of carbonyl (C=O) groups is 1. The Bertz CT molecular complexity index is 1050. The third-order valence-electron chi connectivity index (χ3n) is 5.06. The van der Waals surface area contributed by atoms with E-state index in [1.54, 1.807) is 0 Å². The number of anilines is 1. The molecule has 138 valence electrons. The number of fused-ring (bicyclic) bond motifs is 1. The average Bonchev–Trinajstić information content (AvgIpc) is 3.18. The number of carbonyl (C=O) groups excluding carboxylic acids is 1. The van der Waals surface area contributed by atoms with Gasteiger partial charge < -0.3 is 9.47 Å². The van der Waals surface area contributed by atoms with E-state index in [4.69, 9.17) is 16.6 Å². The van der Waals surface area contributed by atoms with Crippen molar-refractivity contribution in [2.75, 3.05) is 11.4 Å². The van der Waals surface area contributed by atoms with E-state index in [2.05, 4.69) is 17.2 Å². The molecule has 1 saturated heterocycles. The van der Waals surface area contributed by atoms with Gasteiger partial charge in [-0.3, -0.25) is 4.79 Å². The fourth-order valence-electron chi connectivity index (χ4n) is 3.83. The van der Waals surface area contributed by atoms with Crippen LogP contribution in [-0.2, 0) is 11.3 Å². The lowest BCUT2D eigenvalue weighted by atomic mass is 10.1. The van der Waals surface area contributed by atoms with Crippen molar-refractivity contribution < 1.29 is 4.79 Å². The summed E-state index contributed by atoms with van der Waals surface area (Å²) in [6.07, 6.45) is 0.450. The number of amides is 1. The van der Waals surface area contributed by atoms with E-state index in [0.717, 1.165) is 33.7 Å². The predicted molar refractivity (Wildman–Crippen MR) is 110 cm³/mol. The van der Waals surface area contributed by atoms with Crippen molar-refractivity contribution in [1.29, 1.82) is 0 Å². The number of halogens is 1. The Morgan fingerprint density at radius 1 is 1.30 bits per heavy atom. The second-order valence-corrected chi connectivity index (χ2v) is 7.77. The minimum absolute atomic E-state index is 0.0441. The SMILES string of the molecule is C=C(C)Cn1c([C@H]2CC(=O)N(c3cc(Cl)ccc3C)C2)nc2ccccc21. The van der Waals surface area contributed by atoms with Gasteiger partial charge in [-0.1, -0.05) is 42.0 Å². The molecule has 4 nitrogen and oxygen atoms in total. The number of hydrogen-bond donors (Lipinski definition) is 0. The van der Waals surface area contributed by atoms with E-state index in [9.17, 15) is 4.79 Å². The number of hydrogen-bond acceptors (Lipinski definition) is 2. The number of allylic oxidation sites excluding steroid dienone is 1. The summed E-state index contributed by atoms with van der Waals surface area (Å²) in [5, 5.41) is 0.640. The lowest BCUT2D eigenvalue weighted by Crippen LogP contribution is -2.25. The monoisotopic (exact) mass is 379 g/mol. The molecule has 0 unspecified atom stereocenters. The number of aryl methyl sites for hydroxylation is 1. The minimum Gasteiger partial charge on any atom is -0.324 e. The van der Waals surface area contributed by atoms with Gasteiger partial charge in [-0.2, -0.15) is 0 Å². The fraction of sp³-hybridized carbons (Fsp3) is 0.273. The molecule has 0 aliphatic carbocycles. The Morgan fingerprint density at radius 3 is 2.85 bits per heavy atom. The van der Waals surface area contributed by atoms with Crippen molar-refractivity contribution in [2.24, 2.45) is 0 Å². The first-order valence-corrected chi connectivity index (χ1v) is 9.48. The third-order valence-corrected chi connectivity index (χ3v) is 5.30. The summed E-state index contributed by atoms with van der Waals surface area (Å²) < 4.78 is 2.20. The van der Waals surface area contributed by atoms with Crippen molar-refractivity contribution in [2.45, 2.75) is 32.7 Å². The summed E-state index contributed by atoms with van der Waals surface area (Å²) in [6, 6.07) is 13.8. The van der Waals surface area contributed by atoms with Crippen LogP contribution in [0.4, 0.5) is 5.69 Å². The first-order valence-electron chi connectivity index (χ1n) is 9.10. The molecule has 1 fully saturated rings. The number of aromatic nitrogens is 2. The molecule has 0 radical (unpaired) electrons. The van der Waals surface area contributed by atoms with Gasteiger partial charge in [-0.25, -0.2) is 4.98 Å². The molecular formula is C22H22ClN3O. The van der Waals surface area contributed by atoms with Gasteiger partial charge in [-0.05, 0) is 43.7 Å². The van der Waals surface area contributed by atoms with Crippen molar-refractivity contribution in [3.8, 4) is 0 Å². The molecule has 1 amide bonds. The molecule has 2 aromatic carbocycles. The highest BCUT2D eigenvalue weighted by molar-refractivity contribution is 6.31. The molecule has 1 aliphatic heterocycles. The number of benzene rings is 2. The van der Waals surface area contributed by atoms with E-state index in [1.165, 1.54) is 0 Å². The highest BCUT2D eigenvalue weighted by atomic mass is 35.5. The standard InChI is InChI=1S/C22H22ClN3O/c1-14(2)12-26-19-7-5-4-6-18(19)24-22(26)16-10-21(27)25(13-16)20-11-17(23)9-8-15(20)3/h4-9,11,16H,1,10,12-13H2,2-3H3/t16-/m0/s1. The zero-order chi connectivity index (χ0) is 19.1. The Kier molecular flexibility index (Phi) is 4.52. The van der Waals surface area contributed by atoms with Gasteiger partial charge in [0.25, 0.3) is 0 Å². The summed E-state index contributed by atoms with van der Waals surface area (Å²) >= 11 is 6.17. The van der Waals surface area contributed by atoms with Crippen LogP contribution in [0.3, 0.4) is 0 Å². The molecule has 3 aromatic rings. The van der Waals surface area contributed by atoms with Crippen LogP contribution in [-0.4, -0.2) is 22.0 Å². The Morgan fingerprint density at radius 2 is 2.07 bits per heavy atom. The topological polar surface area (TPSA) is 38.1 Å². The van der Waals surface area contributed by atoms with Crippen LogP contribution in [0, 0.1) is 6.92 Å². The zero-order valence-corrected chi connectivity index (χ0v) is 16.3. The first kappa shape index (κ1) is 17.8. The summed E-state index contributed by atoms with van der Waals surface area (Å²) in [5.74, 6) is 1.11. The minimum atomic E-state index is 0.0441. The maximum Gasteiger partial charge on any atom is 0.227 e. The Hall–Kier alpha value is -2.59. The molecule has 1 aromatic heterocycles. The molecule has 5 heteroatoms. The fourth-order valence-corrected chi connectivity index (χ4v) is 3.99. The number of nitrogens with zero attached hydrogens (tertiary/aromatic N) is 3. The van der Waals surface area contributed by atoms with Gasteiger partial charge in [-0.15, -0.1) is 0 Å². The first-order chi connectivity index (χ1) is 12.9. The van der Waals surface area contributed by atoms with Crippen LogP contribution in [0.15, 0.2) is 54.6 Å². The molecule has 2 heterocycles. The largest absolute Gasteiger partial charge is 0.324 e. The molecule has 0 bridgehead atoms. The predicted octanol–water partition coefficient (Wildman–Crippen LogP) is 5.09. The molecule has 0 N–H and O–H groups in total. The summed E-state index contributed by atoms with van der Waals surface area (Å²) in [7, 11) is 0. The Labute approximate surface area is 164 Å². The number of imidazole rings is 1. The summed E-state index contributed by atoms with van der Waals surface area (Å²) in [6.45, 7) is 9.39. The van der Waals surface area contributed by atoms with Crippen molar-refractivity contribution in [3.63, 3.8) is 0 Å². The van der Waals surface area contributed by atoms with Crippen LogP contribution in [0.25, 0.3) is 11.0 Å². The lowest BCUT2D eigenvalue weighted by molar-refractivity contribution is -0.117. The molecule has 0 saturated carbocycles. The average molecular weight is 380 g/mol. The van der Waals surface area contributed by atoms with E-state index in [1.807, 2.05) is 55.1 Å². The third kappa shape index (κ3) is 3.26. The van der Waals surface area contributed by atoms with Crippen LogP contribution in [0.1, 0.15) is 30.7 Å². The molecule has 4 rings (SSSR count). The van der Waals surface area contributed by atoms with Gasteiger partial charge in [0, 0.05) is 36.1 Å². The maximum absolute atomic E-state index is 12.8. The van der Waals surface area contributed by atoms with E-state index in [-0.39, 0.29) is 11.8 Å². The normalized spacial score (nSPS) is 17.1. The van der Waals surface area contributed by atoms with Crippen molar-refractivity contribution in [1.82, 2.24) is 9.55 Å². The van der Waals surface area contributed by atoms with Gasteiger partial charge in [0.15, 0.2) is 0 Å². The number of rotatable bonds is 4. The van der Waals surface area contributed by atoms with Crippen LogP contribution >= 0.6 is 11.6 Å². The van der Waals surface area contributed by atoms with E-state index >= 15 is 0 Å². The van der Waals surface area contributed by atoms with E-state index in [0.29, 0.717) is 24.5 Å². The van der Waals surface area contributed by atoms with Crippen LogP contribution < -0.4 is 4.90 Å². The molecule has 1 aliphatic rings. The molecular weight excluding hydrogens is 358 g/mol. The quantitative estimate of drug-likeness (QED) is 0.592. The van der Waals surface area contributed by atoms with Crippen molar-refractivity contribution in [3.05, 3.63) is 71.0 Å². The lowest BCUT2D eigenvalue weighted by Gasteiger charge is -2.20. The van der Waals surface area contributed by atoms with Gasteiger partial charge in [0.1, 0.15) is 5.82 Å². The van der Waals surface area contributed by atoms with Gasteiger partial charge in [0.2, 0.25) is 5.91 Å². The highest BCUT2D eigenvalue weighted by Crippen LogP contribution is 2.35. The second kappa shape index (κ2) is 6.86. The zero-order valence-electron chi connectivity index (χ0n) is 15.6. The summed E-state index contributed by atoms with van der Waals surface area (Å²) in [5.41, 5.74) is 5.03. The molecule has 27 heavy (non-hydrogen) atoms. The van der Waals surface area contributed by atoms with E-state index < -0.39 is 0 Å². The maximum atomic E-state index is 12.8. The molecule has 0 spiro atoms.